The molecule has 1 aromatic carbocycles. The summed E-state index contributed by atoms with van der Waals surface area (Å²) in [5, 5.41) is 8.89. The molecule has 0 radical (unpaired) electrons. The van der Waals surface area contributed by atoms with Crippen molar-refractivity contribution >= 4 is 31.9 Å². The van der Waals surface area contributed by atoms with Crippen LogP contribution in [0.1, 0.15) is 30.1 Å². The number of hydrogen-bond donors (Lipinski definition) is 2. The average molecular weight is 378 g/mol. The van der Waals surface area contributed by atoms with Crippen molar-refractivity contribution in [2.75, 3.05) is 6.61 Å². The monoisotopic (exact) mass is 377 g/mol. The number of aromatic carboxylic acids is 1. The number of halogens is 1. The maximum Gasteiger partial charge on any atom is 0.335 e. The smallest absolute Gasteiger partial charge is 0.335 e. The number of ether oxygens (including phenoxy) is 1. The van der Waals surface area contributed by atoms with E-state index >= 15 is 0 Å². The van der Waals surface area contributed by atoms with Crippen LogP contribution >= 0.6 is 15.9 Å². The normalized spacial score (nSPS) is 20.4. The summed E-state index contributed by atoms with van der Waals surface area (Å²) in [7, 11) is -3.74. The summed E-state index contributed by atoms with van der Waals surface area (Å²) in [6.07, 6.45) is 1.62. The third-order valence-corrected chi connectivity index (χ3v) is 5.87. The van der Waals surface area contributed by atoms with Crippen LogP contribution in [0.25, 0.3) is 0 Å². The lowest BCUT2D eigenvalue weighted by Crippen LogP contribution is -2.40. The lowest BCUT2D eigenvalue weighted by Gasteiger charge is -2.20. The van der Waals surface area contributed by atoms with Crippen molar-refractivity contribution in [2.24, 2.45) is 0 Å². The standard InChI is InChI=1S/C13H16BrNO5S/c1-8(11-3-2-6-20-11)15-21(18,19)12-5-4-9(13(16)17)7-10(12)14/h4-5,7-8,11,15H,2-3,6H2,1H3,(H,16,17). The zero-order chi connectivity index (χ0) is 15.6. The number of hydrogen-bond acceptors (Lipinski definition) is 4. The molecule has 2 unspecified atom stereocenters. The molecule has 116 valence electrons. The fraction of sp³-hybridized carbons (Fsp3) is 0.462. The first kappa shape index (κ1) is 16.4. The van der Waals surface area contributed by atoms with Crippen LogP contribution < -0.4 is 4.72 Å². The van der Waals surface area contributed by atoms with E-state index in [-0.39, 0.29) is 27.1 Å². The Hall–Kier alpha value is -0.960. The van der Waals surface area contributed by atoms with Gasteiger partial charge in [0.1, 0.15) is 0 Å². The molecule has 21 heavy (non-hydrogen) atoms. The predicted octanol–water partition coefficient (Wildman–Crippen LogP) is 1.99. The molecule has 1 heterocycles. The van der Waals surface area contributed by atoms with E-state index < -0.39 is 16.0 Å². The van der Waals surface area contributed by atoms with Gasteiger partial charge in [-0.3, -0.25) is 0 Å². The van der Waals surface area contributed by atoms with Crippen molar-refractivity contribution in [1.82, 2.24) is 4.72 Å². The van der Waals surface area contributed by atoms with Crippen LogP contribution in [0, 0.1) is 0 Å². The van der Waals surface area contributed by atoms with E-state index in [9.17, 15) is 13.2 Å². The van der Waals surface area contributed by atoms with Crippen LogP contribution in [-0.2, 0) is 14.8 Å². The SMILES string of the molecule is CC(NS(=O)(=O)c1ccc(C(=O)O)cc1Br)C1CCCO1. The first-order valence-electron chi connectivity index (χ1n) is 6.48. The second-order valence-electron chi connectivity index (χ2n) is 4.91. The highest BCUT2D eigenvalue weighted by molar-refractivity contribution is 9.10. The first-order valence-corrected chi connectivity index (χ1v) is 8.75. The Morgan fingerprint density at radius 3 is 2.76 bits per heavy atom. The van der Waals surface area contributed by atoms with Gasteiger partial charge in [-0.2, -0.15) is 0 Å². The van der Waals surface area contributed by atoms with Gasteiger partial charge in [-0.1, -0.05) is 0 Å². The van der Waals surface area contributed by atoms with E-state index in [1.54, 1.807) is 6.92 Å². The van der Waals surface area contributed by atoms with E-state index in [1.165, 1.54) is 18.2 Å². The van der Waals surface area contributed by atoms with Gasteiger partial charge in [0.15, 0.2) is 0 Å². The fourth-order valence-corrected chi connectivity index (χ4v) is 4.58. The van der Waals surface area contributed by atoms with Gasteiger partial charge in [0.05, 0.1) is 16.6 Å². The Kier molecular flexibility index (Phi) is 5.03. The van der Waals surface area contributed by atoms with Gasteiger partial charge in [-0.15, -0.1) is 0 Å². The zero-order valence-corrected chi connectivity index (χ0v) is 13.8. The summed E-state index contributed by atoms with van der Waals surface area (Å²) < 4.78 is 33.0. The lowest BCUT2D eigenvalue weighted by atomic mass is 10.1. The molecule has 1 aromatic rings. The number of nitrogens with one attached hydrogen (secondary N) is 1. The summed E-state index contributed by atoms with van der Waals surface area (Å²) in [4.78, 5) is 10.9. The highest BCUT2D eigenvalue weighted by atomic mass is 79.9. The van der Waals surface area contributed by atoms with Gasteiger partial charge in [-0.05, 0) is 53.9 Å². The number of carboxylic acid groups (broad SMARTS) is 1. The van der Waals surface area contributed by atoms with Crippen LogP contribution in [-0.4, -0.2) is 38.2 Å². The molecular weight excluding hydrogens is 362 g/mol. The number of benzene rings is 1. The molecule has 2 atom stereocenters. The molecule has 0 bridgehead atoms. The summed E-state index contributed by atoms with van der Waals surface area (Å²) in [6, 6.07) is 3.47. The molecule has 0 amide bonds. The van der Waals surface area contributed by atoms with Crippen LogP contribution in [0.5, 0.6) is 0 Å². The quantitative estimate of drug-likeness (QED) is 0.818. The van der Waals surface area contributed by atoms with E-state index in [0.717, 1.165) is 12.8 Å². The topological polar surface area (TPSA) is 92.7 Å². The molecule has 1 saturated heterocycles. The largest absolute Gasteiger partial charge is 0.478 e. The van der Waals surface area contributed by atoms with Crippen molar-refractivity contribution in [3.8, 4) is 0 Å². The number of sulfonamides is 1. The molecule has 8 heteroatoms. The molecular formula is C13H16BrNO5S. The minimum atomic E-state index is -3.74. The Morgan fingerprint density at radius 1 is 1.52 bits per heavy atom. The van der Waals surface area contributed by atoms with Gasteiger partial charge < -0.3 is 9.84 Å². The van der Waals surface area contributed by atoms with E-state index in [4.69, 9.17) is 9.84 Å². The Bertz CT molecular complexity index is 640. The van der Waals surface area contributed by atoms with Crippen molar-refractivity contribution in [3.05, 3.63) is 28.2 Å². The maximum absolute atomic E-state index is 12.4. The minimum Gasteiger partial charge on any atom is -0.478 e. The molecule has 1 aliphatic heterocycles. The van der Waals surface area contributed by atoms with Crippen LogP contribution in [0.3, 0.4) is 0 Å². The molecule has 6 nitrogen and oxygen atoms in total. The molecule has 0 aliphatic carbocycles. The highest BCUT2D eigenvalue weighted by Gasteiger charge is 2.28. The van der Waals surface area contributed by atoms with Gasteiger partial charge in [-0.25, -0.2) is 17.9 Å². The molecule has 2 N–H and O–H groups in total. The Labute approximate surface area is 131 Å². The molecule has 2 rings (SSSR count). The van der Waals surface area contributed by atoms with Crippen molar-refractivity contribution in [3.63, 3.8) is 0 Å². The first-order chi connectivity index (χ1) is 9.81. The Morgan fingerprint density at radius 2 is 2.24 bits per heavy atom. The predicted molar refractivity (Wildman–Crippen MR) is 79.9 cm³/mol. The van der Waals surface area contributed by atoms with E-state index in [2.05, 4.69) is 20.7 Å². The summed E-state index contributed by atoms with van der Waals surface area (Å²) in [6.45, 7) is 2.40. The van der Waals surface area contributed by atoms with Gasteiger partial charge >= 0.3 is 5.97 Å². The van der Waals surface area contributed by atoms with Crippen LogP contribution in [0.2, 0.25) is 0 Å². The summed E-state index contributed by atoms with van der Waals surface area (Å²) in [5.41, 5.74) is 0.0213. The van der Waals surface area contributed by atoms with Crippen molar-refractivity contribution in [2.45, 2.75) is 36.8 Å². The molecule has 0 spiro atoms. The number of rotatable bonds is 5. The van der Waals surface area contributed by atoms with Crippen molar-refractivity contribution in [1.29, 1.82) is 0 Å². The minimum absolute atomic E-state index is 0.0114. The lowest BCUT2D eigenvalue weighted by molar-refractivity contribution is 0.0696. The third-order valence-electron chi connectivity index (χ3n) is 3.33. The zero-order valence-electron chi connectivity index (χ0n) is 11.4. The fourth-order valence-electron chi connectivity index (χ4n) is 2.23. The van der Waals surface area contributed by atoms with E-state index in [0.29, 0.717) is 6.61 Å². The van der Waals surface area contributed by atoms with Crippen molar-refractivity contribution < 1.29 is 23.1 Å². The van der Waals surface area contributed by atoms with E-state index in [1.807, 2.05) is 0 Å². The molecule has 1 aliphatic rings. The van der Waals surface area contributed by atoms with Crippen LogP contribution in [0.15, 0.2) is 27.6 Å². The Balaban J connectivity index is 2.21. The van der Waals surface area contributed by atoms with Gasteiger partial charge in [0.2, 0.25) is 10.0 Å². The third kappa shape index (κ3) is 3.82. The highest BCUT2D eigenvalue weighted by Crippen LogP contribution is 2.24. The number of carboxylic acids is 1. The summed E-state index contributed by atoms with van der Waals surface area (Å²) >= 11 is 3.11. The molecule has 0 aromatic heterocycles. The summed E-state index contributed by atoms with van der Waals surface area (Å²) in [5.74, 6) is -1.11. The van der Waals surface area contributed by atoms with Crippen LogP contribution in [0.4, 0.5) is 0 Å². The maximum atomic E-state index is 12.4. The van der Waals surface area contributed by atoms with Gasteiger partial charge in [0.25, 0.3) is 0 Å². The molecule has 1 fully saturated rings. The average Bonchev–Trinajstić information content (AvgIpc) is 2.91. The molecule has 0 saturated carbocycles. The second-order valence-corrected chi connectivity index (χ2v) is 7.45. The number of carbonyl (C=O) groups is 1. The van der Waals surface area contributed by atoms with Gasteiger partial charge in [0, 0.05) is 17.1 Å². The second kappa shape index (κ2) is 6.43.